The fourth-order valence-electron chi connectivity index (χ4n) is 3.66. The topological polar surface area (TPSA) is 40.5 Å². The van der Waals surface area contributed by atoms with Crippen LogP contribution in [0.4, 0.5) is 0 Å². The molecule has 3 nitrogen and oxygen atoms in total. The minimum absolute atomic E-state index is 0.121. The van der Waals surface area contributed by atoms with Gasteiger partial charge in [-0.05, 0) is 37.6 Å². The molecule has 0 radical (unpaired) electrons. The molecule has 0 spiro atoms. The molecule has 1 N–H and O–H groups in total. The predicted octanol–water partition coefficient (Wildman–Crippen LogP) is 2.61. The molecule has 2 rings (SSSR count). The third-order valence-electron chi connectivity index (χ3n) is 4.68. The Hall–Kier alpha value is -0.570. The van der Waals surface area contributed by atoms with Gasteiger partial charge in [-0.1, -0.05) is 26.7 Å². The molecule has 3 heteroatoms. The van der Waals surface area contributed by atoms with Crippen molar-refractivity contribution in [1.29, 1.82) is 0 Å². The first-order valence-electron chi connectivity index (χ1n) is 7.06. The van der Waals surface area contributed by atoms with E-state index >= 15 is 0 Å². The highest BCUT2D eigenvalue weighted by Gasteiger charge is 2.37. The monoisotopic (exact) mass is 239 g/mol. The van der Waals surface area contributed by atoms with Crippen LogP contribution in [-0.2, 0) is 4.79 Å². The summed E-state index contributed by atoms with van der Waals surface area (Å²) in [5.74, 6) is 0.773. The number of hydrogen-bond acceptors (Lipinski definition) is 2. The Morgan fingerprint density at radius 2 is 1.94 bits per heavy atom. The molecule has 1 aliphatic heterocycles. The molecule has 98 valence electrons. The number of aliphatic carboxylic acids is 1. The highest BCUT2D eigenvalue weighted by molar-refractivity contribution is 5.70. The van der Waals surface area contributed by atoms with Gasteiger partial charge in [0.15, 0.2) is 0 Å². The Labute approximate surface area is 104 Å². The van der Waals surface area contributed by atoms with Crippen molar-refractivity contribution in [2.75, 3.05) is 13.1 Å². The van der Waals surface area contributed by atoms with Crippen LogP contribution < -0.4 is 0 Å². The lowest BCUT2D eigenvalue weighted by molar-refractivity contribution is -0.141. The first-order valence-corrected chi connectivity index (χ1v) is 7.06. The number of carboxylic acids is 1. The molecule has 2 fully saturated rings. The molecule has 17 heavy (non-hydrogen) atoms. The van der Waals surface area contributed by atoms with Crippen molar-refractivity contribution >= 4 is 5.97 Å². The maximum atomic E-state index is 11.0. The fourth-order valence-corrected chi connectivity index (χ4v) is 3.66. The number of nitrogens with zero attached hydrogens (tertiary/aromatic N) is 1. The van der Waals surface area contributed by atoms with Crippen LogP contribution in [0.2, 0.25) is 0 Å². The summed E-state index contributed by atoms with van der Waals surface area (Å²) >= 11 is 0. The zero-order chi connectivity index (χ0) is 12.4. The van der Waals surface area contributed by atoms with Crippen LogP contribution in [0.1, 0.15) is 46.0 Å². The van der Waals surface area contributed by atoms with Gasteiger partial charge in [0, 0.05) is 12.6 Å². The minimum Gasteiger partial charge on any atom is -0.481 e. The van der Waals surface area contributed by atoms with Gasteiger partial charge < -0.3 is 5.11 Å². The summed E-state index contributed by atoms with van der Waals surface area (Å²) in [6.07, 6.45) is 6.13. The van der Waals surface area contributed by atoms with Gasteiger partial charge in [0.25, 0.3) is 0 Å². The van der Waals surface area contributed by atoms with Crippen molar-refractivity contribution in [3.63, 3.8) is 0 Å². The highest BCUT2D eigenvalue weighted by atomic mass is 16.4. The van der Waals surface area contributed by atoms with E-state index < -0.39 is 5.97 Å². The molecular formula is C14H25NO2. The molecule has 1 heterocycles. The van der Waals surface area contributed by atoms with Gasteiger partial charge in [-0.15, -0.1) is 0 Å². The second kappa shape index (κ2) is 5.38. The van der Waals surface area contributed by atoms with E-state index in [1.165, 1.54) is 25.7 Å². The average molecular weight is 239 g/mol. The lowest BCUT2D eigenvalue weighted by Crippen LogP contribution is -2.43. The van der Waals surface area contributed by atoms with E-state index in [0.717, 1.165) is 31.3 Å². The molecule has 0 aromatic rings. The van der Waals surface area contributed by atoms with Crippen molar-refractivity contribution < 1.29 is 9.90 Å². The summed E-state index contributed by atoms with van der Waals surface area (Å²) < 4.78 is 0. The van der Waals surface area contributed by atoms with Crippen LogP contribution in [-0.4, -0.2) is 35.1 Å². The van der Waals surface area contributed by atoms with E-state index in [2.05, 4.69) is 18.7 Å². The number of hydrogen-bond donors (Lipinski definition) is 1. The Balaban J connectivity index is 1.98. The summed E-state index contributed by atoms with van der Waals surface area (Å²) in [5, 5.41) is 9.08. The van der Waals surface area contributed by atoms with E-state index in [4.69, 9.17) is 5.11 Å². The zero-order valence-electron chi connectivity index (χ0n) is 11.1. The standard InChI is InChI=1S/C14H25NO2/c1-10(2)12-5-3-4-6-13(12)15-8-7-11(9-15)14(16)17/h10-13H,3-9H2,1-2H3,(H,16,17). The Morgan fingerprint density at radius 3 is 2.53 bits per heavy atom. The van der Waals surface area contributed by atoms with Gasteiger partial charge in [-0.25, -0.2) is 0 Å². The van der Waals surface area contributed by atoms with Gasteiger partial charge in [0.1, 0.15) is 0 Å². The van der Waals surface area contributed by atoms with E-state index in [1.807, 2.05) is 0 Å². The molecule has 3 atom stereocenters. The molecule has 0 aromatic heterocycles. The van der Waals surface area contributed by atoms with Gasteiger partial charge >= 0.3 is 5.97 Å². The number of rotatable bonds is 3. The van der Waals surface area contributed by atoms with E-state index in [-0.39, 0.29) is 5.92 Å². The van der Waals surface area contributed by atoms with Crippen molar-refractivity contribution in [3.05, 3.63) is 0 Å². The highest BCUT2D eigenvalue weighted by Crippen LogP contribution is 2.35. The van der Waals surface area contributed by atoms with Gasteiger partial charge in [0.05, 0.1) is 5.92 Å². The van der Waals surface area contributed by atoms with Crippen LogP contribution in [0.25, 0.3) is 0 Å². The van der Waals surface area contributed by atoms with Crippen LogP contribution in [0.3, 0.4) is 0 Å². The maximum Gasteiger partial charge on any atom is 0.307 e. The molecule has 3 unspecified atom stereocenters. The normalized spacial score (nSPS) is 35.4. The molecule has 2 aliphatic rings. The number of carbonyl (C=O) groups is 1. The lowest BCUT2D eigenvalue weighted by Gasteiger charge is -2.40. The van der Waals surface area contributed by atoms with Crippen LogP contribution >= 0.6 is 0 Å². The van der Waals surface area contributed by atoms with Crippen LogP contribution in [0.15, 0.2) is 0 Å². The fraction of sp³-hybridized carbons (Fsp3) is 0.929. The third kappa shape index (κ3) is 2.82. The SMILES string of the molecule is CC(C)C1CCCCC1N1CCC(C(=O)O)C1. The van der Waals surface area contributed by atoms with Gasteiger partial charge in [-0.2, -0.15) is 0 Å². The maximum absolute atomic E-state index is 11.0. The quantitative estimate of drug-likeness (QED) is 0.823. The van der Waals surface area contributed by atoms with Crippen molar-refractivity contribution in [3.8, 4) is 0 Å². The molecule has 0 bridgehead atoms. The summed E-state index contributed by atoms with van der Waals surface area (Å²) in [6, 6.07) is 0.646. The first kappa shape index (κ1) is 12.9. The molecule has 0 aromatic carbocycles. The number of likely N-dealkylation sites (tertiary alicyclic amines) is 1. The van der Waals surface area contributed by atoms with Gasteiger partial charge in [-0.3, -0.25) is 9.69 Å². The average Bonchev–Trinajstić information content (AvgIpc) is 2.78. The van der Waals surface area contributed by atoms with Crippen molar-refractivity contribution in [1.82, 2.24) is 4.90 Å². The predicted molar refractivity (Wildman–Crippen MR) is 67.9 cm³/mol. The second-order valence-corrected chi connectivity index (χ2v) is 6.08. The molecule has 0 amide bonds. The van der Waals surface area contributed by atoms with Crippen LogP contribution in [0.5, 0.6) is 0 Å². The lowest BCUT2D eigenvalue weighted by atomic mass is 9.77. The Kier molecular flexibility index (Phi) is 4.08. The number of carboxylic acid groups (broad SMARTS) is 1. The molecule has 1 aliphatic carbocycles. The Morgan fingerprint density at radius 1 is 1.24 bits per heavy atom. The zero-order valence-corrected chi connectivity index (χ0v) is 11.1. The Bertz CT molecular complexity index is 277. The van der Waals surface area contributed by atoms with Crippen molar-refractivity contribution in [2.45, 2.75) is 52.0 Å². The van der Waals surface area contributed by atoms with E-state index in [0.29, 0.717) is 6.04 Å². The smallest absolute Gasteiger partial charge is 0.307 e. The third-order valence-corrected chi connectivity index (χ3v) is 4.68. The van der Waals surface area contributed by atoms with Crippen LogP contribution in [0, 0.1) is 17.8 Å². The summed E-state index contributed by atoms with van der Waals surface area (Å²) in [4.78, 5) is 13.5. The van der Waals surface area contributed by atoms with Crippen molar-refractivity contribution in [2.24, 2.45) is 17.8 Å². The molecular weight excluding hydrogens is 214 g/mol. The summed E-state index contributed by atoms with van der Waals surface area (Å²) in [6.45, 7) is 6.40. The first-order chi connectivity index (χ1) is 8.09. The minimum atomic E-state index is -0.607. The van der Waals surface area contributed by atoms with E-state index in [9.17, 15) is 4.79 Å². The molecule has 1 saturated heterocycles. The van der Waals surface area contributed by atoms with Gasteiger partial charge in [0.2, 0.25) is 0 Å². The molecule has 1 saturated carbocycles. The summed E-state index contributed by atoms with van der Waals surface area (Å²) in [5.41, 5.74) is 0. The second-order valence-electron chi connectivity index (χ2n) is 6.08. The summed E-state index contributed by atoms with van der Waals surface area (Å²) in [7, 11) is 0. The van der Waals surface area contributed by atoms with E-state index in [1.54, 1.807) is 0 Å². The largest absolute Gasteiger partial charge is 0.481 e.